The molecule has 23 heavy (non-hydrogen) atoms. The van der Waals surface area contributed by atoms with Gasteiger partial charge in [-0.3, -0.25) is 14.3 Å². The van der Waals surface area contributed by atoms with Crippen molar-refractivity contribution >= 4 is 0 Å². The van der Waals surface area contributed by atoms with Crippen molar-refractivity contribution in [2.24, 2.45) is 0 Å². The van der Waals surface area contributed by atoms with E-state index in [0.717, 1.165) is 5.56 Å². The fourth-order valence-electron chi connectivity index (χ4n) is 1.92. The summed E-state index contributed by atoms with van der Waals surface area (Å²) < 4.78 is 24.9. The summed E-state index contributed by atoms with van der Waals surface area (Å²) in [6, 6.07) is 9.52. The van der Waals surface area contributed by atoms with E-state index in [1.165, 1.54) is 10.8 Å². The number of nitrogens with one attached hydrogen (secondary N) is 1. The summed E-state index contributed by atoms with van der Waals surface area (Å²) in [5.74, 6) is 0. The van der Waals surface area contributed by atoms with Crippen molar-refractivity contribution < 1.29 is 13.9 Å². The van der Waals surface area contributed by atoms with Crippen LogP contribution in [0.15, 0.2) is 46.1 Å². The Morgan fingerprint density at radius 1 is 1.26 bits per heavy atom. The minimum absolute atomic E-state index is 0.0719. The average Bonchev–Trinajstić information content (AvgIpc) is 2.56. The van der Waals surface area contributed by atoms with Gasteiger partial charge in [0.05, 0.1) is 13.2 Å². The van der Waals surface area contributed by atoms with Gasteiger partial charge in [-0.25, -0.2) is 9.18 Å². The first-order valence-corrected chi connectivity index (χ1v) is 7.19. The predicted octanol–water partition coefficient (Wildman–Crippen LogP) is 1.37. The molecule has 0 amide bonds. The van der Waals surface area contributed by atoms with E-state index < -0.39 is 24.0 Å². The van der Waals surface area contributed by atoms with Crippen LogP contribution >= 0.6 is 0 Å². The third kappa shape index (κ3) is 5.15. The molecule has 2 rings (SSSR count). The number of H-pyrrole nitrogens is 1. The van der Waals surface area contributed by atoms with Gasteiger partial charge in [-0.1, -0.05) is 30.3 Å². The molecule has 0 aliphatic rings. The SMILES string of the molecule is Cc1cn(COC(CF)COCc2ccccc2)c(=O)[nH]c1=O. The summed E-state index contributed by atoms with van der Waals surface area (Å²) in [5.41, 5.74) is 0.325. The fraction of sp³-hybridized carbons (Fsp3) is 0.375. The van der Waals surface area contributed by atoms with Gasteiger partial charge < -0.3 is 9.47 Å². The number of benzene rings is 1. The highest BCUT2D eigenvalue weighted by atomic mass is 19.1. The molecule has 1 heterocycles. The van der Waals surface area contributed by atoms with Crippen LogP contribution in [-0.2, 0) is 22.8 Å². The summed E-state index contributed by atoms with van der Waals surface area (Å²) in [7, 11) is 0. The Hall–Kier alpha value is -2.25. The lowest BCUT2D eigenvalue weighted by atomic mass is 10.2. The Labute approximate surface area is 132 Å². The zero-order chi connectivity index (χ0) is 16.7. The van der Waals surface area contributed by atoms with E-state index in [2.05, 4.69) is 4.98 Å². The van der Waals surface area contributed by atoms with Gasteiger partial charge >= 0.3 is 5.69 Å². The molecule has 1 N–H and O–H groups in total. The van der Waals surface area contributed by atoms with Gasteiger partial charge in [0.15, 0.2) is 0 Å². The molecule has 7 heteroatoms. The molecule has 0 spiro atoms. The van der Waals surface area contributed by atoms with Gasteiger partial charge in [-0.15, -0.1) is 0 Å². The standard InChI is InChI=1S/C16H19FN2O4/c1-12-8-19(16(21)18-15(12)20)11-23-14(7-17)10-22-9-13-5-3-2-4-6-13/h2-6,8,14H,7,9-11H2,1H3,(H,18,20,21). The molecule has 6 nitrogen and oxygen atoms in total. The molecule has 0 aliphatic carbocycles. The number of aromatic nitrogens is 2. The summed E-state index contributed by atoms with van der Waals surface area (Å²) >= 11 is 0. The fourth-order valence-corrected chi connectivity index (χ4v) is 1.92. The highest BCUT2D eigenvalue weighted by Crippen LogP contribution is 2.03. The van der Waals surface area contributed by atoms with Gasteiger partial charge in [0.1, 0.15) is 19.5 Å². The lowest BCUT2D eigenvalue weighted by molar-refractivity contribution is -0.0592. The number of ether oxygens (including phenoxy) is 2. The van der Waals surface area contributed by atoms with Gasteiger partial charge in [-0.2, -0.15) is 0 Å². The number of rotatable bonds is 8. The van der Waals surface area contributed by atoms with Crippen LogP contribution in [0.4, 0.5) is 4.39 Å². The third-order valence-electron chi connectivity index (χ3n) is 3.23. The van der Waals surface area contributed by atoms with E-state index >= 15 is 0 Å². The van der Waals surface area contributed by atoms with Crippen molar-refractivity contribution in [1.82, 2.24) is 9.55 Å². The normalized spacial score (nSPS) is 12.3. The molecule has 1 aromatic carbocycles. The first-order chi connectivity index (χ1) is 11.1. The van der Waals surface area contributed by atoms with Gasteiger partial charge in [0.2, 0.25) is 0 Å². The molecule has 2 aromatic rings. The predicted molar refractivity (Wildman–Crippen MR) is 83.0 cm³/mol. The van der Waals surface area contributed by atoms with E-state index in [1.807, 2.05) is 30.3 Å². The Morgan fingerprint density at radius 2 is 2.00 bits per heavy atom. The van der Waals surface area contributed by atoms with E-state index in [4.69, 9.17) is 9.47 Å². The second-order valence-corrected chi connectivity index (χ2v) is 5.11. The zero-order valence-corrected chi connectivity index (χ0v) is 12.8. The Kier molecular flexibility index (Phi) is 6.25. The van der Waals surface area contributed by atoms with Gasteiger partial charge in [-0.05, 0) is 12.5 Å². The number of hydrogen-bond donors (Lipinski definition) is 1. The topological polar surface area (TPSA) is 73.3 Å². The Morgan fingerprint density at radius 3 is 2.70 bits per heavy atom. The average molecular weight is 322 g/mol. The van der Waals surface area contributed by atoms with Crippen LogP contribution in [-0.4, -0.2) is 28.9 Å². The molecule has 0 saturated carbocycles. The summed E-state index contributed by atoms with van der Waals surface area (Å²) in [6.07, 6.45) is 0.597. The molecule has 0 bridgehead atoms. The van der Waals surface area contributed by atoms with Crippen LogP contribution in [0.25, 0.3) is 0 Å². The van der Waals surface area contributed by atoms with Crippen LogP contribution in [0, 0.1) is 6.92 Å². The van der Waals surface area contributed by atoms with Crippen LogP contribution in [0.2, 0.25) is 0 Å². The van der Waals surface area contributed by atoms with Crippen LogP contribution < -0.4 is 11.2 Å². The van der Waals surface area contributed by atoms with E-state index in [9.17, 15) is 14.0 Å². The third-order valence-corrected chi connectivity index (χ3v) is 3.23. The first kappa shape index (κ1) is 17.1. The molecule has 0 radical (unpaired) electrons. The highest BCUT2D eigenvalue weighted by Gasteiger charge is 2.10. The number of alkyl halides is 1. The van der Waals surface area contributed by atoms with Crippen LogP contribution in [0.3, 0.4) is 0 Å². The van der Waals surface area contributed by atoms with E-state index in [-0.39, 0.29) is 13.3 Å². The van der Waals surface area contributed by atoms with E-state index in [0.29, 0.717) is 12.2 Å². The molecular weight excluding hydrogens is 303 g/mol. The smallest absolute Gasteiger partial charge is 0.330 e. The summed E-state index contributed by atoms with van der Waals surface area (Å²) in [6.45, 7) is 1.12. The maximum atomic E-state index is 13.0. The number of halogens is 1. The number of nitrogens with zero attached hydrogens (tertiary/aromatic N) is 1. The van der Waals surface area contributed by atoms with E-state index in [1.54, 1.807) is 6.92 Å². The Bertz CT molecular complexity index is 727. The molecule has 0 fully saturated rings. The van der Waals surface area contributed by atoms with Crippen molar-refractivity contribution in [3.63, 3.8) is 0 Å². The molecule has 124 valence electrons. The van der Waals surface area contributed by atoms with Crippen LogP contribution in [0.1, 0.15) is 11.1 Å². The van der Waals surface area contributed by atoms with Crippen molar-refractivity contribution in [3.8, 4) is 0 Å². The van der Waals surface area contributed by atoms with Crippen molar-refractivity contribution in [2.45, 2.75) is 26.4 Å². The maximum absolute atomic E-state index is 13.0. The van der Waals surface area contributed by atoms with Crippen molar-refractivity contribution in [1.29, 1.82) is 0 Å². The Balaban J connectivity index is 1.84. The molecule has 0 aliphatic heterocycles. The molecule has 1 aromatic heterocycles. The lowest BCUT2D eigenvalue weighted by Crippen LogP contribution is -2.33. The van der Waals surface area contributed by atoms with Gasteiger partial charge in [0, 0.05) is 11.8 Å². The molecule has 0 saturated heterocycles. The summed E-state index contributed by atoms with van der Waals surface area (Å²) in [4.78, 5) is 25.0. The maximum Gasteiger partial charge on any atom is 0.330 e. The van der Waals surface area contributed by atoms with Crippen LogP contribution in [0.5, 0.6) is 0 Å². The lowest BCUT2D eigenvalue weighted by Gasteiger charge is -2.16. The number of aromatic amines is 1. The second-order valence-electron chi connectivity index (χ2n) is 5.11. The van der Waals surface area contributed by atoms with Crippen molar-refractivity contribution in [3.05, 3.63) is 68.5 Å². The quantitative estimate of drug-likeness (QED) is 0.797. The van der Waals surface area contributed by atoms with Crippen molar-refractivity contribution in [2.75, 3.05) is 13.3 Å². The highest BCUT2D eigenvalue weighted by molar-refractivity contribution is 5.13. The minimum Gasteiger partial charge on any atom is -0.374 e. The minimum atomic E-state index is -0.780. The zero-order valence-electron chi connectivity index (χ0n) is 12.8. The number of aryl methyl sites for hydroxylation is 1. The molecular formula is C16H19FN2O4. The first-order valence-electron chi connectivity index (χ1n) is 7.19. The number of hydrogen-bond acceptors (Lipinski definition) is 4. The monoisotopic (exact) mass is 322 g/mol. The van der Waals surface area contributed by atoms with Gasteiger partial charge in [0.25, 0.3) is 5.56 Å². The largest absolute Gasteiger partial charge is 0.374 e. The molecule has 1 atom stereocenters. The second kappa shape index (κ2) is 8.40. The molecule has 1 unspecified atom stereocenters. The summed E-state index contributed by atoms with van der Waals surface area (Å²) in [5, 5.41) is 0.